The second-order valence-electron chi connectivity index (χ2n) is 20.6. The first-order valence-electron chi connectivity index (χ1n) is 26.8. The molecule has 0 N–H and O–H groups in total. The predicted molar refractivity (Wildman–Crippen MR) is 321 cm³/mol. The Hall–Kier alpha value is -12.0. The fraction of sp³-hybridized carbons (Fsp3) is 0.0274. The molecule has 86 heavy (non-hydrogen) atoms. The first-order valence-corrected chi connectivity index (χ1v) is 26.8. The number of aromatic nitrogens is 2. The molecule has 0 saturated carbocycles. The van der Waals surface area contributed by atoms with Crippen LogP contribution in [-0.2, 0) is 12.4 Å². The molecule has 13 heteroatoms. The third kappa shape index (κ3) is 9.09. The average Bonchev–Trinajstić information content (AvgIpc) is 1.74. The molecule has 13 rings (SSSR count). The van der Waals surface area contributed by atoms with Crippen LogP contribution < -0.4 is 0 Å². The average molecular weight is 1130 g/mol. The molecule has 11 aromatic carbocycles. The van der Waals surface area contributed by atoms with Gasteiger partial charge in [-0.2, -0.15) is 52.7 Å². The van der Waals surface area contributed by atoms with E-state index in [4.69, 9.17) is 0 Å². The molecule has 0 atom stereocenters. The largest absolute Gasteiger partial charge is 0.416 e. The maximum absolute atomic E-state index is 14.7. The van der Waals surface area contributed by atoms with Gasteiger partial charge in [-0.15, -0.1) is 0 Å². The lowest BCUT2D eigenvalue weighted by Gasteiger charge is -2.21. The molecule has 0 fully saturated rings. The molecular weight excluding hydrogens is 1090 g/mol. The molecule has 0 amide bonds. The number of hydrogen-bond acceptors (Lipinski definition) is 5. The number of nitrogens with zero attached hydrogens (tertiary/aromatic N) is 7. The Kier molecular flexibility index (Phi) is 12.9. The third-order valence-corrected chi connectivity index (χ3v) is 15.8. The van der Waals surface area contributed by atoms with E-state index in [-0.39, 0.29) is 22.8 Å². The zero-order valence-electron chi connectivity index (χ0n) is 44.8. The minimum Gasteiger partial charge on any atom is -0.309 e. The minimum absolute atomic E-state index is 0.0249. The highest BCUT2D eigenvalue weighted by molar-refractivity contribution is 6.14. The zero-order valence-corrected chi connectivity index (χ0v) is 44.8. The van der Waals surface area contributed by atoms with Crippen molar-refractivity contribution in [1.82, 2.24) is 9.13 Å². The normalized spacial score (nSPS) is 11.5. The van der Waals surface area contributed by atoms with Crippen molar-refractivity contribution in [2.75, 3.05) is 0 Å². The first kappa shape index (κ1) is 53.4. The number of halogens is 6. The van der Waals surface area contributed by atoms with E-state index in [0.717, 1.165) is 21.9 Å². The van der Waals surface area contributed by atoms with Gasteiger partial charge >= 0.3 is 12.4 Å². The first-order chi connectivity index (χ1) is 41.7. The summed E-state index contributed by atoms with van der Waals surface area (Å²) in [6, 6.07) is 74.5. The summed E-state index contributed by atoms with van der Waals surface area (Å²) in [4.78, 5) is 0. The smallest absolute Gasteiger partial charge is 0.309 e. The molecule has 0 bridgehead atoms. The lowest BCUT2D eigenvalue weighted by atomic mass is 9.94. The van der Waals surface area contributed by atoms with E-state index in [1.165, 1.54) is 6.07 Å². The highest BCUT2D eigenvalue weighted by Crippen LogP contribution is 2.47. The number of benzene rings is 11. The van der Waals surface area contributed by atoms with E-state index < -0.39 is 23.5 Å². The summed E-state index contributed by atoms with van der Waals surface area (Å²) in [6.45, 7) is 0. The standard InChI is InChI=1S/C73H37F6N7/c74-72(75,76)54-30-53(31-55(37-54)73(77,78)79)44-18-24-61(71(36-44)86-68-27-21-47(58-15-7-3-11-51(58)41-83)34-64(68)65-35-48(22-28-69(65)86)59-16-8-4-12-52(59)42-84)60-23-17-43(38-80)29-70(60)85-66-25-19-45(56-13-5-1-9-49(56)39-81)32-62(66)63-33-46(20-26-67(63)85)57-14-6-2-10-50(57)40-82/h1-37H. The van der Waals surface area contributed by atoms with Crippen LogP contribution in [0.1, 0.15) is 38.9 Å². The molecule has 0 aliphatic heterocycles. The molecule has 13 aromatic rings. The summed E-state index contributed by atoms with van der Waals surface area (Å²) in [5.74, 6) is 0. The molecule has 0 spiro atoms. The van der Waals surface area contributed by atoms with Crippen LogP contribution in [0.15, 0.2) is 224 Å². The highest BCUT2D eigenvalue weighted by Gasteiger charge is 2.37. The van der Waals surface area contributed by atoms with Gasteiger partial charge < -0.3 is 9.13 Å². The summed E-state index contributed by atoms with van der Waals surface area (Å²) in [5, 5.41) is 54.5. The molecule has 0 unspecified atom stereocenters. The molecule has 2 heterocycles. The topological polar surface area (TPSA) is 129 Å². The fourth-order valence-corrected chi connectivity index (χ4v) is 11.8. The molecule has 0 saturated heterocycles. The second kappa shape index (κ2) is 20.8. The van der Waals surface area contributed by atoms with Gasteiger partial charge in [-0.3, -0.25) is 0 Å². The van der Waals surface area contributed by atoms with E-state index in [1.54, 1.807) is 78.9 Å². The lowest BCUT2D eigenvalue weighted by molar-refractivity contribution is -0.143. The van der Waals surface area contributed by atoms with Crippen LogP contribution in [-0.4, -0.2) is 9.13 Å². The molecule has 0 radical (unpaired) electrons. The Labute approximate surface area is 487 Å². The Morgan fingerprint density at radius 1 is 0.267 bits per heavy atom. The van der Waals surface area contributed by atoms with Crippen LogP contribution >= 0.6 is 0 Å². The second-order valence-corrected chi connectivity index (χ2v) is 20.6. The van der Waals surface area contributed by atoms with Crippen LogP contribution in [0.4, 0.5) is 26.3 Å². The van der Waals surface area contributed by atoms with E-state index in [0.29, 0.717) is 123 Å². The van der Waals surface area contributed by atoms with Gasteiger partial charge in [0.1, 0.15) is 0 Å². The summed E-state index contributed by atoms with van der Waals surface area (Å²) in [7, 11) is 0. The number of rotatable bonds is 8. The van der Waals surface area contributed by atoms with Gasteiger partial charge in [-0.1, -0.05) is 115 Å². The van der Waals surface area contributed by atoms with Gasteiger partial charge in [0.05, 0.1) is 103 Å². The van der Waals surface area contributed by atoms with E-state index in [1.807, 2.05) is 130 Å². The van der Waals surface area contributed by atoms with E-state index in [2.05, 4.69) is 30.3 Å². The van der Waals surface area contributed by atoms with Crippen LogP contribution in [0, 0.1) is 56.7 Å². The van der Waals surface area contributed by atoms with E-state index in [9.17, 15) is 52.7 Å². The van der Waals surface area contributed by atoms with Crippen LogP contribution in [0.25, 0.3) is 122 Å². The summed E-state index contributed by atoms with van der Waals surface area (Å²) in [6.07, 6.45) is -10.3. The van der Waals surface area contributed by atoms with Crippen LogP contribution in [0.3, 0.4) is 0 Å². The summed E-state index contributed by atoms with van der Waals surface area (Å²) in [5.41, 5.74) is 8.54. The summed E-state index contributed by atoms with van der Waals surface area (Å²) < 4.78 is 92.0. The van der Waals surface area contributed by atoms with Crippen molar-refractivity contribution in [3.8, 4) is 108 Å². The minimum atomic E-state index is -5.14. The molecule has 406 valence electrons. The monoisotopic (exact) mass is 1130 g/mol. The Morgan fingerprint density at radius 3 is 0.907 bits per heavy atom. The lowest BCUT2D eigenvalue weighted by Crippen LogP contribution is -2.11. The number of nitriles is 5. The van der Waals surface area contributed by atoms with Gasteiger partial charge in [0, 0.05) is 32.7 Å². The molecule has 0 aliphatic carbocycles. The van der Waals surface area contributed by atoms with Gasteiger partial charge in [0.2, 0.25) is 0 Å². The van der Waals surface area contributed by atoms with Gasteiger partial charge in [-0.05, 0) is 165 Å². The van der Waals surface area contributed by atoms with Crippen molar-refractivity contribution in [3.05, 3.63) is 263 Å². The molecule has 2 aromatic heterocycles. The molecule has 7 nitrogen and oxygen atoms in total. The van der Waals surface area contributed by atoms with Crippen LogP contribution in [0.2, 0.25) is 0 Å². The molecule has 0 aliphatic rings. The number of alkyl halides is 6. The van der Waals surface area contributed by atoms with Crippen molar-refractivity contribution >= 4 is 43.6 Å². The van der Waals surface area contributed by atoms with Crippen molar-refractivity contribution in [3.63, 3.8) is 0 Å². The number of hydrogen-bond donors (Lipinski definition) is 0. The predicted octanol–water partition coefficient (Wildman–Crippen LogP) is 19.3. The van der Waals surface area contributed by atoms with E-state index >= 15 is 0 Å². The molecular formula is C73H37F6N7. The highest BCUT2D eigenvalue weighted by atomic mass is 19.4. The van der Waals surface area contributed by atoms with Crippen LogP contribution in [0.5, 0.6) is 0 Å². The SMILES string of the molecule is N#Cc1ccc(-c2ccc(-c3cc(C(F)(F)F)cc(C(F)(F)F)c3)cc2-n2c3ccc(-c4ccccc4C#N)cc3c3cc(-c4ccccc4C#N)ccc32)c(-n2c3ccc(-c4ccccc4C#N)cc3c3cc(-c4ccccc4C#N)ccc32)c1. The zero-order chi connectivity index (χ0) is 59.6. The maximum Gasteiger partial charge on any atom is 0.416 e. The van der Waals surface area contributed by atoms with Crippen molar-refractivity contribution in [1.29, 1.82) is 26.3 Å². The fourth-order valence-electron chi connectivity index (χ4n) is 11.8. The van der Waals surface area contributed by atoms with Gasteiger partial charge in [-0.25, -0.2) is 0 Å². The Morgan fingerprint density at radius 2 is 0.581 bits per heavy atom. The number of fused-ring (bicyclic) bond motifs is 6. The Bertz CT molecular complexity index is 4980. The third-order valence-electron chi connectivity index (χ3n) is 15.8. The quantitative estimate of drug-likeness (QED) is 0.140. The van der Waals surface area contributed by atoms with Crippen molar-refractivity contribution < 1.29 is 26.3 Å². The summed E-state index contributed by atoms with van der Waals surface area (Å²) >= 11 is 0. The van der Waals surface area contributed by atoms with Gasteiger partial charge in [0.25, 0.3) is 0 Å². The van der Waals surface area contributed by atoms with Crippen molar-refractivity contribution in [2.24, 2.45) is 0 Å². The maximum atomic E-state index is 14.7. The Balaban J connectivity index is 1.14. The van der Waals surface area contributed by atoms with Crippen molar-refractivity contribution in [2.45, 2.75) is 12.4 Å². The van der Waals surface area contributed by atoms with Gasteiger partial charge in [0.15, 0.2) is 0 Å².